The molecular formula is C7H5BrClNO. The first-order valence-electron chi connectivity index (χ1n) is 2.93. The number of carbonyl (C=O) groups excluding carboxylic acids is 1. The van der Waals surface area contributed by atoms with Gasteiger partial charge in [-0.1, -0.05) is 27.5 Å². The Morgan fingerprint density at radius 3 is 2.73 bits per heavy atom. The number of aromatic nitrogens is 1. The van der Waals surface area contributed by atoms with Crippen molar-refractivity contribution in [2.45, 2.75) is 6.92 Å². The molecule has 0 fully saturated rings. The Balaban J connectivity index is 3.19. The maximum absolute atomic E-state index is 10.8. The second kappa shape index (κ2) is 3.32. The van der Waals surface area contributed by atoms with Crippen LogP contribution in [-0.4, -0.2) is 10.8 Å². The van der Waals surface area contributed by atoms with E-state index in [1.165, 1.54) is 6.92 Å². The molecule has 0 aliphatic carbocycles. The number of carbonyl (C=O) groups is 1. The molecule has 0 aliphatic heterocycles. The Labute approximate surface area is 77.7 Å². The number of pyridine rings is 1. The minimum Gasteiger partial charge on any atom is -0.293 e. The average Bonchev–Trinajstić information content (AvgIpc) is 1.85. The molecule has 11 heavy (non-hydrogen) atoms. The van der Waals surface area contributed by atoms with E-state index in [2.05, 4.69) is 20.9 Å². The molecule has 0 spiro atoms. The summed E-state index contributed by atoms with van der Waals surface area (Å²) in [7, 11) is 0. The molecule has 0 unspecified atom stereocenters. The molecule has 0 N–H and O–H groups in total. The molecule has 0 aliphatic rings. The predicted molar refractivity (Wildman–Crippen MR) is 47.0 cm³/mol. The zero-order chi connectivity index (χ0) is 8.43. The Kier molecular flexibility index (Phi) is 2.62. The minimum atomic E-state index is -0.0896. The van der Waals surface area contributed by atoms with E-state index in [-0.39, 0.29) is 5.78 Å². The highest BCUT2D eigenvalue weighted by molar-refractivity contribution is 9.10. The van der Waals surface area contributed by atoms with E-state index < -0.39 is 0 Å². The number of Topliss-reactive ketones (excluding diaryl/α,β-unsaturated/α-hetero) is 1. The molecule has 0 aromatic carbocycles. The van der Waals surface area contributed by atoms with Crippen LogP contribution in [0.1, 0.15) is 17.4 Å². The molecule has 58 valence electrons. The summed E-state index contributed by atoms with van der Waals surface area (Å²) >= 11 is 8.81. The van der Waals surface area contributed by atoms with Crippen molar-refractivity contribution in [1.82, 2.24) is 4.98 Å². The lowest BCUT2D eigenvalue weighted by atomic mass is 10.3. The van der Waals surface area contributed by atoms with Gasteiger partial charge < -0.3 is 0 Å². The summed E-state index contributed by atoms with van der Waals surface area (Å²) < 4.78 is 0.766. The summed E-state index contributed by atoms with van der Waals surface area (Å²) in [6, 6.07) is 3.27. The van der Waals surface area contributed by atoms with Crippen molar-refractivity contribution in [2.24, 2.45) is 0 Å². The topological polar surface area (TPSA) is 30.0 Å². The summed E-state index contributed by atoms with van der Waals surface area (Å²) in [6.45, 7) is 1.45. The average molecular weight is 234 g/mol. The van der Waals surface area contributed by atoms with Gasteiger partial charge in [0.1, 0.15) is 10.8 Å². The van der Waals surface area contributed by atoms with Gasteiger partial charge in [-0.15, -0.1) is 0 Å². The molecule has 0 saturated heterocycles. The molecule has 0 saturated carbocycles. The number of hydrogen-bond donors (Lipinski definition) is 0. The third-order valence-corrected chi connectivity index (χ3v) is 1.77. The zero-order valence-electron chi connectivity index (χ0n) is 5.77. The Morgan fingerprint density at radius 1 is 1.64 bits per heavy atom. The molecule has 2 nitrogen and oxygen atoms in total. The van der Waals surface area contributed by atoms with Crippen molar-refractivity contribution in [3.05, 3.63) is 27.5 Å². The summed E-state index contributed by atoms with van der Waals surface area (Å²) in [5.41, 5.74) is 0.379. The van der Waals surface area contributed by atoms with Crippen LogP contribution in [0.25, 0.3) is 0 Å². The second-order valence-corrected chi connectivity index (χ2v) is 3.35. The fraction of sp³-hybridized carbons (Fsp3) is 0.143. The van der Waals surface area contributed by atoms with Gasteiger partial charge in [-0.25, -0.2) is 4.98 Å². The van der Waals surface area contributed by atoms with Gasteiger partial charge in [0.2, 0.25) is 0 Å². The highest BCUT2D eigenvalue weighted by Gasteiger charge is 2.02. The van der Waals surface area contributed by atoms with E-state index in [9.17, 15) is 4.79 Å². The van der Waals surface area contributed by atoms with E-state index in [4.69, 9.17) is 11.6 Å². The van der Waals surface area contributed by atoms with E-state index in [1.807, 2.05) is 0 Å². The lowest BCUT2D eigenvalue weighted by Crippen LogP contribution is -1.95. The molecule has 0 atom stereocenters. The van der Waals surface area contributed by atoms with Crippen LogP contribution in [0, 0.1) is 0 Å². The normalized spacial score (nSPS) is 9.73. The summed E-state index contributed by atoms with van der Waals surface area (Å²) in [5, 5.41) is 0.324. The van der Waals surface area contributed by atoms with Crippen LogP contribution >= 0.6 is 27.5 Å². The van der Waals surface area contributed by atoms with Crippen LogP contribution in [0.3, 0.4) is 0 Å². The Morgan fingerprint density at radius 2 is 2.27 bits per heavy atom. The number of rotatable bonds is 1. The van der Waals surface area contributed by atoms with Crippen LogP contribution in [0.15, 0.2) is 16.6 Å². The SMILES string of the molecule is CC(=O)c1cc(Br)cc(Cl)n1. The first-order valence-corrected chi connectivity index (χ1v) is 4.10. The highest BCUT2D eigenvalue weighted by atomic mass is 79.9. The van der Waals surface area contributed by atoms with Crippen molar-refractivity contribution in [3.63, 3.8) is 0 Å². The lowest BCUT2D eigenvalue weighted by Gasteiger charge is -1.96. The van der Waals surface area contributed by atoms with Crippen LogP contribution in [0.4, 0.5) is 0 Å². The molecule has 4 heteroatoms. The monoisotopic (exact) mass is 233 g/mol. The van der Waals surface area contributed by atoms with Gasteiger partial charge in [0.25, 0.3) is 0 Å². The first kappa shape index (κ1) is 8.68. The van der Waals surface area contributed by atoms with Gasteiger partial charge in [0, 0.05) is 11.4 Å². The quantitative estimate of drug-likeness (QED) is 0.552. The van der Waals surface area contributed by atoms with Gasteiger partial charge in [-0.3, -0.25) is 4.79 Å². The number of hydrogen-bond acceptors (Lipinski definition) is 2. The van der Waals surface area contributed by atoms with Gasteiger partial charge in [0.05, 0.1) is 0 Å². The van der Waals surface area contributed by atoms with Gasteiger partial charge in [-0.05, 0) is 12.1 Å². The van der Waals surface area contributed by atoms with Crippen molar-refractivity contribution >= 4 is 33.3 Å². The van der Waals surface area contributed by atoms with E-state index in [0.717, 1.165) is 4.47 Å². The van der Waals surface area contributed by atoms with E-state index in [0.29, 0.717) is 10.8 Å². The molecule has 1 aromatic rings. The smallest absolute Gasteiger partial charge is 0.178 e. The second-order valence-electron chi connectivity index (χ2n) is 2.05. The van der Waals surface area contributed by atoms with Crippen LogP contribution in [0.2, 0.25) is 5.15 Å². The fourth-order valence-electron chi connectivity index (χ4n) is 0.646. The number of ketones is 1. The van der Waals surface area contributed by atoms with Crippen molar-refractivity contribution in [3.8, 4) is 0 Å². The van der Waals surface area contributed by atoms with Crippen molar-refractivity contribution in [1.29, 1.82) is 0 Å². The molecule has 1 heterocycles. The largest absolute Gasteiger partial charge is 0.293 e. The molecular weight excluding hydrogens is 229 g/mol. The third-order valence-electron chi connectivity index (χ3n) is 1.12. The fourth-order valence-corrected chi connectivity index (χ4v) is 1.42. The summed E-state index contributed by atoms with van der Waals surface area (Å²) in [5.74, 6) is -0.0896. The molecule has 0 bridgehead atoms. The predicted octanol–water partition coefficient (Wildman–Crippen LogP) is 2.70. The molecule has 0 radical (unpaired) electrons. The first-order chi connectivity index (χ1) is 5.09. The molecule has 0 amide bonds. The van der Waals surface area contributed by atoms with Crippen LogP contribution in [-0.2, 0) is 0 Å². The minimum absolute atomic E-state index is 0.0896. The van der Waals surface area contributed by atoms with Crippen molar-refractivity contribution in [2.75, 3.05) is 0 Å². The Bertz CT molecular complexity index is 280. The maximum Gasteiger partial charge on any atom is 0.178 e. The Hall–Kier alpha value is -0.410. The van der Waals surface area contributed by atoms with E-state index in [1.54, 1.807) is 12.1 Å². The van der Waals surface area contributed by atoms with Gasteiger partial charge in [0.15, 0.2) is 5.78 Å². The van der Waals surface area contributed by atoms with Gasteiger partial charge in [-0.2, -0.15) is 0 Å². The zero-order valence-corrected chi connectivity index (χ0v) is 8.11. The van der Waals surface area contributed by atoms with Gasteiger partial charge >= 0.3 is 0 Å². The number of halogens is 2. The highest BCUT2D eigenvalue weighted by Crippen LogP contribution is 2.16. The number of nitrogens with zero attached hydrogens (tertiary/aromatic N) is 1. The van der Waals surface area contributed by atoms with Crippen LogP contribution in [0.5, 0.6) is 0 Å². The molecule has 1 rings (SSSR count). The lowest BCUT2D eigenvalue weighted by molar-refractivity contribution is 0.101. The standard InChI is InChI=1S/C7H5BrClNO/c1-4(11)6-2-5(8)3-7(9)10-6/h2-3H,1H3. The molecule has 1 aromatic heterocycles. The summed E-state index contributed by atoms with van der Waals surface area (Å²) in [6.07, 6.45) is 0. The summed E-state index contributed by atoms with van der Waals surface area (Å²) in [4.78, 5) is 14.6. The van der Waals surface area contributed by atoms with Crippen molar-refractivity contribution < 1.29 is 4.79 Å². The van der Waals surface area contributed by atoms with Crippen LogP contribution < -0.4 is 0 Å². The maximum atomic E-state index is 10.8. The van der Waals surface area contributed by atoms with E-state index >= 15 is 0 Å². The third kappa shape index (κ3) is 2.27.